The first kappa shape index (κ1) is 21.3. The molecule has 3 heterocycles. The fraction of sp³-hybridized carbons (Fsp3) is 0.250. The van der Waals surface area contributed by atoms with Crippen LogP contribution in [0, 0.1) is 35.8 Å². The van der Waals surface area contributed by atoms with Gasteiger partial charge in [-0.25, -0.2) is 10.5 Å². The van der Waals surface area contributed by atoms with Crippen molar-refractivity contribution in [3.8, 4) is 21.9 Å². The molecule has 0 radical (unpaired) electrons. The number of fused-ring (bicyclic) bond motifs is 7. The van der Waals surface area contributed by atoms with Gasteiger partial charge in [0.1, 0.15) is 17.8 Å². The minimum atomic E-state index is -0.418. The van der Waals surface area contributed by atoms with Gasteiger partial charge in [0.2, 0.25) is 5.00 Å². The van der Waals surface area contributed by atoms with Gasteiger partial charge in [0.15, 0.2) is 0 Å². The Bertz CT molecular complexity index is 1620. The maximum atomic E-state index is 9.18. The van der Waals surface area contributed by atoms with Crippen LogP contribution in [-0.4, -0.2) is 11.7 Å². The fourth-order valence-corrected chi connectivity index (χ4v) is 9.20. The number of rotatable bonds is 2. The van der Waals surface area contributed by atoms with Crippen LogP contribution in [0.1, 0.15) is 49.3 Å². The molecule has 0 saturated heterocycles. The molecule has 3 aromatic heterocycles. The van der Waals surface area contributed by atoms with Crippen LogP contribution >= 0.6 is 34.0 Å². The Hall–Kier alpha value is -3.60. The van der Waals surface area contributed by atoms with E-state index in [9.17, 15) is 5.26 Å². The Morgan fingerprint density at radius 2 is 1.52 bits per heavy atom. The normalized spacial score (nSPS) is 17.4. The monoisotopic (exact) mass is 482 g/mol. The molecular weight excluding hydrogens is 469 g/mol. The van der Waals surface area contributed by atoms with Crippen molar-refractivity contribution >= 4 is 66.2 Å². The minimum absolute atomic E-state index is 0.149. The highest BCUT2D eigenvalue weighted by Gasteiger charge is 2.50. The number of nitrogens with zero attached hydrogens (tertiary/aromatic N) is 6. The van der Waals surface area contributed by atoms with E-state index in [2.05, 4.69) is 47.4 Å². The van der Waals surface area contributed by atoms with Crippen LogP contribution < -0.4 is 0 Å². The Kier molecular flexibility index (Phi) is 4.47. The van der Waals surface area contributed by atoms with E-state index in [0.717, 1.165) is 20.0 Å². The second-order valence-corrected chi connectivity index (χ2v) is 11.9. The van der Waals surface area contributed by atoms with E-state index in [-0.39, 0.29) is 17.1 Å². The summed E-state index contributed by atoms with van der Waals surface area (Å²) in [6.07, 6.45) is 2.02. The first-order valence-electron chi connectivity index (χ1n) is 9.87. The zero-order valence-corrected chi connectivity index (χ0v) is 20.5. The van der Waals surface area contributed by atoms with Crippen LogP contribution in [0.15, 0.2) is 21.7 Å². The Morgan fingerprint density at radius 1 is 0.879 bits per heavy atom. The van der Waals surface area contributed by atoms with E-state index in [0.29, 0.717) is 5.00 Å². The largest absolute Gasteiger partial charge is 0.351 e. The molecule has 3 aromatic rings. The highest BCUT2D eigenvalue weighted by Crippen LogP contribution is 2.64. The van der Waals surface area contributed by atoms with E-state index in [4.69, 9.17) is 18.4 Å². The Morgan fingerprint density at radius 3 is 2.15 bits per heavy atom. The lowest BCUT2D eigenvalue weighted by Gasteiger charge is -2.27. The van der Waals surface area contributed by atoms with Gasteiger partial charge < -0.3 is 9.69 Å². The third-order valence-corrected chi connectivity index (χ3v) is 9.74. The number of hydrogen-bond acceptors (Lipinski definition) is 7. The molecule has 2 aliphatic rings. The molecule has 0 fully saturated rings. The number of nitriles is 2. The molecule has 0 aliphatic heterocycles. The van der Waals surface area contributed by atoms with Crippen molar-refractivity contribution in [1.82, 2.24) is 0 Å². The summed E-state index contributed by atoms with van der Waals surface area (Å²) in [4.78, 5) is 18.7. The minimum Gasteiger partial charge on any atom is -0.351 e. The summed E-state index contributed by atoms with van der Waals surface area (Å²) in [5, 5.41) is 18.9. The molecule has 2 aliphatic carbocycles. The molecule has 0 bridgehead atoms. The van der Waals surface area contributed by atoms with Crippen LogP contribution in [0.3, 0.4) is 0 Å². The third-order valence-electron chi connectivity index (χ3n) is 6.13. The zero-order valence-electron chi connectivity index (χ0n) is 18.1. The number of amidine groups is 2. The standard InChI is InChI=1S/C24H14N6S3/c1-23(2)13(29-14(9-25)27-5)7-11-17(23)18-21(31-11)22-19(24(18,3)4)20-12(32-22)8-16(33-20)30-15(10-26)28-6/h7-8H,1-4H3. The summed E-state index contributed by atoms with van der Waals surface area (Å²) >= 11 is 5.00. The molecular formula is C24H14N6S3. The molecule has 0 unspecified atom stereocenters. The maximum absolute atomic E-state index is 9.18. The van der Waals surface area contributed by atoms with Crippen molar-refractivity contribution in [2.45, 2.75) is 38.5 Å². The van der Waals surface area contributed by atoms with E-state index in [1.165, 1.54) is 37.8 Å². The molecule has 0 atom stereocenters. The SMILES string of the molecule is [C-]#[N+]C(C#N)=NC1=Cc2sc3c(c2C1(C)C)C(C)(C)c1c-3sc2cc(N=C(C#N)[N+]#[C-])sc12. The number of thiophene rings is 3. The molecule has 0 N–H and O–H groups in total. The van der Waals surface area contributed by atoms with Crippen molar-refractivity contribution in [2.75, 3.05) is 0 Å². The lowest BCUT2D eigenvalue weighted by molar-refractivity contribution is 0.591. The molecule has 33 heavy (non-hydrogen) atoms. The smallest absolute Gasteiger partial charge is 0.350 e. The highest BCUT2D eigenvalue weighted by atomic mass is 32.1. The summed E-state index contributed by atoms with van der Waals surface area (Å²) in [5.74, 6) is -0.308. The number of hydrogen-bond donors (Lipinski definition) is 0. The molecule has 9 heteroatoms. The molecule has 0 spiro atoms. The van der Waals surface area contributed by atoms with Crippen molar-refractivity contribution < 1.29 is 0 Å². The summed E-state index contributed by atoms with van der Waals surface area (Å²) < 4.78 is 2.27. The molecule has 6 nitrogen and oxygen atoms in total. The molecule has 0 aromatic carbocycles. The fourth-order valence-electron chi connectivity index (χ4n) is 4.68. The quantitative estimate of drug-likeness (QED) is 0.218. The van der Waals surface area contributed by atoms with E-state index >= 15 is 0 Å². The van der Waals surface area contributed by atoms with Gasteiger partial charge in [-0.2, -0.15) is 0 Å². The van der Waals surface area contributed by atoms with E-state index in [1.54, 1.807) is 22.7 Å². The van der Waals surface area contributed by atoms with Gasteiger partial charge in [-0.1, -0.05) is 43.3 Å². The van der Waals surface area contributed by atoms with Gasteiger partial charge in [-0.15, -0.1) is 27.7 Å². The lowest BCUT2D eigenvalue weighted by Crippen LogP contribution is -2.24. The Labute approximate surface area is 202 Å². The first-order valence-corrected chi connectivity index (χ1v) is 12.3. The van der Waals surface area contributed by atoms with E-state index < -0.39 is 5.41 Å². The molecule has 0 saturated carbocycles. The van der Waals surface area contributed by atoms with Crippen molar-refractivity contribution in [3.05, 3.63) is 56.2 Å². The second-order valence-electron chi connectivity index (χ2n) is 8.73. The van der Waals surface area contributed by atoms with Crippen LogP contribution in [0.5, 0.6) is 0 Å². The van der Waals surface area contributed by atoms with Crippen LogP contribution in [0.2, 0.25) is 0 Å². The first-order chi connectivity index (χ1) is 15.7. The van der Waals surface area contributed by atoms with Gasteiger partial charge in [-0.3, -0.25) is 0 Å². The van der Waals surface area contributed by atoms with Gasteiger partial charge in [0.25, 0.3) is 0 Å². The second kappa shape index (κ2) is 6.95. The lowest BCUT2D eigenvalue weighted by atomic mass is 9.75. The van der Waals surface area contributed by atoms with Gasteiger partial charge in [0, 0.05) is 27.3 Å². The average Bonchev–Trinajstić information content (AvgIpc) is 3.51. The summed E-state index contributed by atoms with van der Waals surface area (Å²) in [7, 11) is 0. The van der Waals surface area contributed by atoms with Gasteiger partial charge in [-0.05, 0) is 30.5 Å². The predicted octanol–water partition coefficient (Wildman–Crippen LogP) is 7.28. The maximum Gasteiger partial charge on any atom is 0.350 e. The topological polar surface area (TPSA) is 81.0 Å². The van der Waals surface area contributed by atoms with Gasteiger partial charge in [0.05, 0.1) is 19.7 Å². The van der Waals surface area contributed by atoms with Crippen molar-refractivity contribution in [3.63, 3.8) is 0 Å². The molecule has 0 amide bonds. The van der Waals surface area contributed by atoms with Crippen LogP contribution in [0.25, 0.3) is 34.9 Å². The summed E-state index contributed by atoms with van der Waals surface area (Å²) in [5.41, 5.74) is 3.85. The van der Waals surface area contributed by atoms with E-state index in [1.807, 2.05) is 24.3 Å². The number of allylic oxidation sites excluding steroid dienone is 1. The number of aliphatic imine (C=N–C) groups is 2. The van der Waals surface area contributed by atoms with Crippen molar-refractivity contribution in [2.24, 2.45) is 9.98 Å². The summed E-state index contributed by atoms with van der Waals surface area (Å²) in [6.45, 7) is 22.9. The molecule has 5 rings (SSSR count). The average molecular weight is 483 g/mol. The predicted molar refractivity (Wildman–Crippen MR) is 135 cm³/mol. The van der Waals surface area contributed by atoms with Crippen molar-refractivity contribution in [1.29, 1.82) is 10.5 Å². The van der Waals surface area contributed by atoms with Crippen LogP contribution in [0.4, 0.5) is 5.00 Å². The third kappa shape index (κ3) is 2.78. The van der Waals surface area contributed by atoms with Crippen LogP contribution in [-0.2, 0) is 10.8 Å². The highest BCUT2D eigenvalue weighted by molar-refractivity contribution is 7.33. The van der Waals surface area contributed by atoms with Gasteiger partial charge >= 0.3 is 11.7 Å². The molecule has 158 valence electrons. The zero-order chi connectivity index (χ0) is 23.7. The Balaban J connectivity index is 1.68. The summed E-state index contributed by atoms with van der Waals surface area (Å²) in [6, 6.07) is 5.67.